The Hall–Kier alpha value is -3.61. The molecule has 0 aromatic heterocycles. The molecule has 0 bridgehead atoms. The number of carboxylic acid groups (broad SMARTS) is 1. The molecule has 0 unspecified atom stereocenters. The van der Waals surface area contributed by atoms with E-state index in [2.05, 4.69) is 10.6 Å². The summed E-state index contributed by atoms with van der Waals surface area (Å²) >= 11 is 0. The molecule has 24 heavy (non-hydrogen) atoms. The van der Waals surface area contributed by atoms with Crippen LogP contribution >= 0.6 is 0 Å². The molecule has 122 valence electrons. The maximum Gasteiger partial charge on any atom is 0.328 e. The number of hydrogen-bond acceptors (Lipinski definition) is 4. The third kappa shape index (κ3) is 4.99. The van der Waals surface area contributed by atoms with Gasteiger partial charge in [-0.05, 0) is 30.3 Å². The standard InChI is InChI=1S/C17H14N2O5/c20-14-6-2-5-13(10-14)19-17(24)11-3-1-4-12(9-11)18-15(21)7-8-16(22)23/h1-10,20H,(H,18,21)(H,19,24)(H,22,23)/p-1. The van der Waals surface area contributed by atoms with E-state index < -0.39 is 17.8 Å². The Bertz CT molecular complexity index is 814. The second kappa shape index (κ2) is 7.59. The molecule has 2 amide bonds. The smallest absolute Gasteiger partial charge is 0.328 e. The molecule has 0 radical (unpaired) electrons. The van der Waals surface area contributed by atoms with Gasteiger partial charge in [-0.1, -0.05) is 18.2 Å². The largest absolute Gasteiger partial charge is 0.872 e. The molecule has 0 saturated carbocycles. The van der Waals surface area contributed by atoms with Gasteiger partial charge in [-0.15, -0.1) is 5.75 Å². The Morgan fingerprint density at radius 1 is 0.917 bits per heavy atom. The number of carbonyl (C=O) groups is 3. The van der Waals surface area contributed by atoms with Gasteiger partial charge in [0.1, 0.15) is 0 Å². The highest BCUT2D eigenvalue weighted by molar-refractivity contribution is 6.06. The maximum absolute atomic E-state index is 12.2. The van der Waals surface area contributed by atoms with Gasteiger partial charge in [-0.2, -0.15) is 0 Å². The lowest BCUT2D eigenvalue weighted by Gasteiger charge is -2.10. The fraction of sp³-hybridized carbons (Fsp3) is 0. The Morgan fingerprint density at radius 2 is 1.58 bits per heavy atom. The average Bonchev–Trinajstić information content (AvgIpc) is 2.53. The van der Waals surface area contributed by atoms with Crippen molar-refractivity contribution in [3.05, 3.63) is 66.2 Å². The van der Waals surface area contributed by atoms with Crippen LogP contribution in [0.2, 0.25) is 0 Å². The minimum Gasteiger partial charge on any atom is -0.872 e. The average molecular weight is 325 g/mol. The molecule has 0 atom stereocenters. The summed E-state index contributed by atoms with van der Waals surface area (Å²) in [5.41, 5.74) is 0.970. The lowest BCUT2D eigenvalue weighted by atomic mass is 10.1. The van der Waals surface area contributed by atoms with Gasteiger partial charge in [0.25, 0.3) is 5.91 Å². The van der Waals surface area contributed by atoms with Crippen LogP contribution in [0, 0.1) is 0 Å². The van der Waals surface area contributed by atoms with Gasteiger partial charge in [-0.25, -0.2) is 4.79 Å². The van der Waals surface area contributed by atoms with Crippen molar-refractivity contribution in [1.29, 1.82) is 0 Å². The lowest BCUT2D eigenvalue weighted by Crippen LogP contribution is -2.13. The number of rotatable bonds is 5. The van der Waals surface area contributed by atoms with Gasteiger partial charge >= 0.3 is 5.97 Å². The van der Waals surface area contributed by atoms with Crippen molar-refractivity contribution < 1.29 is 24.6 Å². The van der Waals surface area contributed by atoms with E-state index in [0.29, 0.717) is 17.5 Å². The van der Waals surface area contributed by atoms with Crippen molar-refractivity contribution in [3.63, 3.8) is 0 Å². The van der Waals surface area contributed by atoms with Crippen LogP contribution < -0.4 is 15.7 Å². The number of benzene rings is 2. The van der Waals surface area contributed by atoms with Gasteiger partial charge in [0.05, 0.1) is 0 Å². The van der Waals surface area contributed by atoms with Crippen LogP contribution in [0.3, 0.4) is 0 Å². The fourth-order valence-electron chi connectivity index (χ4n) is 1.85. The van der Waals surface area contributed by atoms with Crippen LogP contribution in [0.15, 0.2) is 60.7 Å². The third-order valence-electron chi connectivity index (χ3n) is 2.86. The van der Waals surface area contributed by atoms with Crippen LogP contribution in [0.4, 0.5) is 11.4 Å². The van der Waals surface area contributed by atoms with Crippen molar-refractivity contribution in [1.82, 2.24) is 0 Å². The van der Waals surface area contributed by atoms with E-state index in [-0.39, 0.29) is 11.3 Å². The molecule has 0 aliphatic heterocycles. The molecule has 0 spiro atoms. The molecule has 0 aliphatic carbocycles. The number of carbonyl (C=O) groups excluding carboxylic acids is 2. The van der Waals surface area contributed by atoms with Crippen molar-refractivity contribution in [2.45, 2.75) is 0 Å². The molecule has 2 aromatic rings. The molecule has 2 aromatic carbocycles. The maximum atomic E-state index is 12.2. The van der Waals surface area contributed by atoms with Crippen LogP contribution in [0.5, 0.6) is 5.75 Å². The number of anilines is 2. The first-order valence-corrected chi connectivity index (χ1v) is 6.84. The van der Waals surface area contributed by atoms with Gasteiger partial charge in [0.15, 0.2) is 0 Å². The molecule has 2 rings (SSSR count). The second-order valence-electron chi connectivity index (χ2n) is 4.72. The number of nitrogens with one attached hydrogen (secondary N) is 2. The lowest BCUT2D eigenvalue weighted by molar-refractivity contribution is -0.268. The summed E-state index contributed by atoms with van der Waals surface area (Å²) in [5, 5.41) is 24.7. The van der Waals surface area contributed by atoms with E-state index in [1.165, 1.54) is 24.3 Å². The summed E-state index contributed by atoms with van der Waals surface area (Å²) in [6.45, 7) is 0. The SMILES string of the molecule is O=C(O)C=CC(=O)Nc1cccc(C(=O)Nc2cccc([O-])c2)c1. The van der Waals surface area contributed by atoms with E-state index in [9.17, 15) is 19.5 Å². The molecular weight excluding hydrogens is 312 g/mol. The van der Waals surface area contributed by atoms with Crippen molar-refractivity contribution >= 4 is 29.2 Å². The molecule has 0 aliphatic rings. The van der Waals surface area contributed by atoms with Crippen LogP contribution in [-0.4, -0.2) is 22.9 Å². The highest BCUT2D eigenvalue weighted by Gasteiger charge is 2.07. The molecule has 0 heterocycles. The number of aliphatic carboxylic acids is 1. The van der Waals surface area contributed by atoms with Crippen molar-refractivity contribution in [2.75, 3.05) is 10.6 Å². The zero-order chi connectivity index (χ0) is 17.5. The zero-order valence-electron chi connectivity index (χ0n) is 12.4. The van der Waals surface area contributed by atoms with Crippen LogP contribution in [-0.2, 0) is 9.59 Å². The molecular formula is C17H13N2O5-. The predicted octanol–water partition coefficient (Wildman–Crippen LogP) is 1.59. The van der Waals surface area contributed by atoms with E-state index in [1.54, 1.807) is 24.3 Å². The number of amides is 2. The summed E-state index contributed by atoms with van der Waals surface area (Å²) in [7, 11) is 0. The zero-order valence-corrected chi connectivity index (χ0v) is 12.4. The second-order valence-corrected chi connectivity index (χ2v) is 4.72. The topological polar surface area (TPSA) is 119 Å². The minimum atomic E-state index is -1.24. The molecule has 0 fully saturated rings. The predicted molar refractivity (Wildman–Crippen MR) is 85.7 cm³/mol. The first-order chi connectivity index (χ1) is 11.4. The third-order valence-corrected chi connectivity index (χ3v) is 2.86. The summed E-state index contributed by atoms with van der Waals surface area (Å²) in [5.74, 6) is -2.54. The summed E-state index contributed by atoms with van der Waals surface area (Å²) < 4.78 is 0. The van der Waals surface area contributed by atoms with E-state index in [1.807, 2.05) is 0 Å². The fourth-order valence-corrected chi connectivity index (χ4v) is 1.85. The highest BCUT2D eigenvalue weighted by Crippen LogP contribution is 2.16. The van der Waals surface area contributed by atoms with Gasteiger partial charge in [0, 0.05) is 29.1 Å². The van der Waals surface area contributed by atoms with E-state index >= 15 is 0 Å². The van der Waals surface area contributed by atoms with Crippen LogP contribution in [0.1, 0.15) is 10.4 Å². The van der Waals surface area contributed by atoms with Crippen LogP contribution in [0.25, 0.3) is 0 Å². The van der Waals surface area contributed by atoms with Crippen molar-refractivity contribution in [3.8, 4) is 5.75 Å². The molecule has 7 nitrogen and oxygen atoms in total. The summed E-state index contributed by atoms with van der Waals surface area (Å²) in [6.07, 6.45) is 1.58. The van der Waals surface area contributed by atoms with Gasteiger partial charge < -0.3 is 20.8 Å². The Balaban J connectivity index is 2.07. The highest BCUT2D eigenvalue weighted by atomic mass is 16.4. The minimum absolute atomic E-state index is 0.223. The van der Waals surface area contributed by atoms with Crippen molar-refractivity contribution in [2.24, 2.45) is 0 Å². The number of hydrogen-bond donors (Lipinski definition) is 3. The normalized spacial score (nSPS) is 10.3. The van der Waals surface area contributed by atoms with E-state index in [0.717, 1.165) is 6.08 Å². The summed E-state index contributed by atoms with van der Waals surface area (Å²) in [6, 6.07) is 11.9. The first-order valence-electron chi connectivity index (χ1n) is 6.84. The Morgan fingerprint density at radius 3 is 2.25 bits per heavy atom. The summed E-state index contributed by atoms with van der Waals surface area (Å²) in [4.78, 5) is 34.0. The molecule has 3 N–H and O–H groups in total. The Labute approximate surface area is 137 Å². The molecule has 0 saturated heterocycles. The van der Waals surface area contributed by atoms with Gasteiger partial charge in [0.2, 0.25) is 5.91 Å². The number of carboxylic acids is 1. The monoisotopic (exact) mass is 325 g/mol. The van der Waals surface area contributed by atoms with Gasteiger partial charge in [-0.3, -0.25) is 9.59 Å². The van der Waals surface area contributed by atoms with E-state index in [4.69, 9.17) is 5.11 Å². The first kappa shape index (κ1) is 16.8. The quantitative estimate of drug-likeness (QED) is 0.721. The molecule has 7 heteroatoms. The Kier molecular flexibility index (Phi) is 5.30.